The van der Waals surface area contributed by atoms with E-state index in [1.54, 1.807) is 25.3 Å². The Labute approximate surface area is 222 Å². The Bertz CT molecular complexity index is 1290. The third-order valence-electron chi connectivity index (χ3n) is 5.81. The van der Waals surface area contributed by atoms with Gasteiger partial charge < -0.3 is 20.1 Å². The van der Waals surface area contributed by atoms with E-state index in [1.165, 1.54) is 0 Å². The predicted molar refractivity (Wildman–Crippen MR) is 148 cm³/mol. The second kappa shape index (κ2) is 13.6. The number of nitrogens with zero attached hydrogens (tertiary/aromatic N) is 1. The molecule has 2 N–H and O–H groups in total. The molecule has 1 unspecified atom stereocenters. The van der Waals surface area contributed by atoms with Crippen molar-refractivity contribution in [3.05, 3.63) is 114 Å². The molecule has 194 valence electrons. The summed E-state index contributed by atoms with van der Waals surface area (Å²) in [5, 5.41) is 6.13. The van der Waals surface area contributed by atoms with Gasteiger partial charge in [0.1, 0.15) is 18.4 Å². The van der Waals surface area contributed by atoms with E-state index < -0.39 is 6.04 Å². The summed E-state index contributed by atoms with van der Waals surface area (Å²) in [7, 11) is 0. The van der Waals surface area contributed by atoms with Gasteiger partial charge in [-0.2, -0.15) is 0 Å². The maximum absolute atomic E-state index is 12.5. The van der Waals surface area contributed by atoms with Gasteiger partial charge in [-0.1, -0.05) is 48.5 Å². The molecule has 7 nitrogen and oxygen atoms in total. The molecule has 0 aliphatic heterocycles. The van der Waals surface area contributed by atoms with Crippen LogP contribution in [0.5, 0.6) is 5.75 Å². The van der Waals surface area contributed by atoms with Crippen LogP contribution in [-0.2, 0) is 16.0 Å². The van der Waals surface area contributed by atoms with E-state index in [0.29, 0.717) is 37.5 Å². The molecule has 0 saturated heterocycles. The van der Waals surface area contributed by atoms with Crippen molar-refractivity contribution in [3.63, 3.8) is 0 Å². The molecule has 0 bridgehead atoms. The molecule has 38 heavy (non-hydrogen) atoms. The van der Waals surface area contributed by atoms with Crippen molar-refractivity contribution in [1.82, 2.24) is 10.3 Å². The van der Waals surface area contributed by atoms with Gasteiger partial charge in [-0.15, -0.1) is 0 Å². The summed E-state index contributed by atoms with van der Waals surface area (Å²) in [6.07, 6.45) is 2.22. The number of pyridine rings is 1. The van der Waals surface area contributed by atoms with E-state index in [4.69, 9.17) is 9.47 Å². The number of amides is 1. The Balaban J connectivity index is 1.24. The zero-order chi connectivity index (χ0) is 26.6. The van der Waals surface area contributed by atoms with Crippen LogP contribution >= 0.6 is 0 Å². The maximum atomic E-state index is 12.5. The first-order chi connectivity index (χ1) is 18.6. The summed E-state index contributed by atoms with van der Waals surface area (Å²) in [5.41, 5.74) is 4.23. The van der Waals surface area contributed by atoms with Crippen molar-refractivity contribution in [1.29, 1.82) is 0 Å². The fourth-order valence-electron chi connectivity index (χ4n) is 3.89. The third kappa shape index (κ3) is 7.67. The van der Waals surface area contributed by atoms with Crippen LogP contribution in [0.15, 0.2) is 103 Å². The molecule has 1 amide bonds. The molecule has 1 heterocycles. The highest BCUT2D eigenvalue weighted by molar-refractivity contribution is 5.94. The summed E-state index contributed by atoms with van der Waals surface area (Å²) in [4.78, 5) is 29.3. The van der Waals surface area contributed by atoms with Gasteiger partial charge >= 0.3 is 5.97 Å². The summed E-state index contributed by atoms with van der Waals surface area (Å²) >= 11 is 0. The molecule has 0 fully saturated rings. The molecule has 7 heteroatoms. The number of benzene rings is 3. The van der Waals surface area contributed by atoms with Crippen molar-refractivity contribution in [2.24, 2.45) is 0 Å². The number of carbonyl (C=O) groups is 2. The smallest absolute Gasteiger partial charge is 0.328 e. The largest absolute Gasteiger partial charge is 0.492 e. The fraction of sp³-hybridized carbons (Fsp3) is 0.194. The first kappa shape index (κ1) is 26.4. The number of esters is 1. The summed E-state index contributed by atoms with van der Waals surface area (Å²) in [5.74, 6) is 0.234. The van der Waals surface area contributed by atoms with Crippen LogP contribution in [0.1, 0.15) is 22.8 Å². The molecule has 0 aliphatic rings. The molecule has 0 radical (unpaired) electrons. The Morgan fingerprint density at radius 2 is 1.61 bits per heavy atom. The Hall–Kier alpha value is -4.65. The topological polar surface area (TPSA) is 89.5 Å². The van der Waals surface area contributed by atoms with Crippen LogP contribution in [-0.4, -0.2) is 42.7 Å². The van der Waals surface area contributed by atoms with Crippen LogP contribution in [0.4, 0.5) is 5.69 Å². The highest BCUT2D eigenvalue weighted by Crippen LogP contribution is 2.18. The normalized spacial score (nSPS) is 11.3. The van der Waals surface area contributed by atoms with E-state index >= 15 is 0 Å². The quantitative estimate of drug-likeness (QED) is 0.203. The average molecular weight is 510 g/mol. The van der Waals surface area contributed by atoms with Gasteiger partial charge in [-0.3, -0.25) is 9.78 Å². The number of hydrogen-bond acceptors (Lipinski definition) is 6. The van der Waals surface area contributed by atoms with Gasteiger partial charge in [-0.05, 0) is 61.0 Å². The van der Waals surface area contributed by atoms with Crippen molar-refractivity contribution < 1.29 is 19.1 Å². The lowest BCUT2D eigenvalue weighted by atomic mass is 10.1. The van der Waals surface area contributed by atoms with Crippen molar-refractivity contribution in [2.75, 3.05) is 25.1 Å². The highest BCUT2D eigenvalue weighted by atomic mass is 16.5. The number of hydrogen-bond donors (Lipinski definition) is 2. The molecular formula is C31H31N3O4. The number of anilines is 1. The Morgan fingerprint density at radius 3 is 2.29 bits per heavy atom. The number of para-hydroxylation sites is 1. The zero-order valence-electron chi connectivity index (χ0n) is 21.3. The maximum Gasteiger partial charge on any atom is 0.328 e. The highest BCUT2D eigenvalue weighted by Gasteiger charge is 2.20. The number of nitrogens with one attached hydrogen (secondary N) is 2. The van der Waals surface area contributed by atoms with Gasteiger partial charge in [0.25, 0.3) is 5.91 Å². The molecular weight excluding hydrogens is 478 g/mol. The van der Waals surface area contributed by atoms with Crippen LogP contribution in [0.3, 0.4) is 0 Å². The molecule has 4 rings (SSSR count). The molecule has 0 aliphatic carbocycles. The minimum Gasteiger partial charge on any atom is -0.492 e. The van der Waals surface area contributed by atoms with E-state index in [2.05, 4.69) is 15.6 Å². The molecule has 1 aromatic heterocycles. The van der Waals surface area contributed by atoms with Gasteiger partial charge in [-0.25, -0.2) is 4.79 Å². The minimum absolute atomic E-state index is 0.160. The van der Waals surface area contributed by atoms with Crippen molar-refractivity contribution in [3.8, 4) is 17.0 Å². The van der Waals surface area contributed by atoms with Crippen molar-refractivity contribution in [2.45, 2.75) is 19.4 Å². The first-order valence-electron chi connectivity index (χ1n) is 12.6. The third-order valence-corrected chi connectivity index (χ3v) is 5.81. The van der Waals surface area contributed by atoms with E-state index in [0.717, 1.165) is 22.5 Å². The molecule has 4 aromatic rings. The monoisotopic (exact) mass is 509 g/mol. The zero-order valence-corrected chi connectivity index (χ0v) is 21.3. The predicted octanol–water partition coefficient (Wildman–Crippen LogP) is 5.14. The van der Waals surface area contributed by atoms with Crippen LogP contribution < -0.4 is 15.4 Å². The average Bonchev–Trinajstić information content (AvgIpc) is 2.97. The Morgan fingerprint density at radius 1 is 0.868 bits per heavy atom. The SMILES string of the molecule is CCOC(=O)C(Cc1ccc(OCCNC(=O)c2ccc(-c3ccccn3)cc2)cc1)Nc1ccccc1. The standard InChI is InChI=1S/C31H31N3O4/c1-2-37-31(36)29(34-26-8-4-3-5-9-26)22-23-11-17-27(18-12-23)38-21-20-33-30(35)25-15-13-24(14-16-25)28-10-6-7-19-32-28/h3-19,29,34H,2,20-22H2,1H3,(H,33,35). The number of carbonyl (C=O) groups excluding carboxylic acids is 2. The number of rotatable bonds is 12. The van der Waals surface area contributed by atoms with Gasteiger partial charge in [0.15, 0.2) is 0 Å². The summed E-state index contributed by atoms with van der Waals surface area (Å²) in [6.45, 7) is 2.82. The van der Waals surface area contributed by atoms with E-state index in [1.807, 2.05) is 84.9 Å². The lowest BCUT2D eigenvalue weighted by Crippen LogP contribution is -2.33. The first-order valence-corrected chi connectivity index (χ1v) is 12.6. The molecule has 0 saturated carbocycles. The lowest BCUT2D eigenvalue weighted by molar-refractivity contribution is -0.144. The second-order valence-corrected chi connectivity index (χ2v) is 8.56. The van der Waals surface area contributed by atoms with Crippen molar-refractivity contribution >= 4 is 17.6 Å². The van der Waals surface area contributed by atoms with Crippen LogP contribution in [0, 0.1) is 0 Å². The van der Waals surface area contributed by atoms with Crippen LogP contribution in [0.2, 0.25) is 0 Å². The van der Waals surface area contributed by atoms with E-state index in [9.17, 15) is 9.59 Å². The summed E-state index contributed by atoms with van der Waals surface area (Å²) in [6, 6.07) is 29.7. The number of ether oxygens (including phenoxy) is 2. The van der Waals surface area contributed by atoms with Crippen LogP contribution in [0.25, 0.3) is 11.3 Å². The summed E-state index contributed by atoms with van der Waals surface area (Å²) < 4.78 is 11.0. The molecule has 1 atom stereocenters. The molecule has 0 spiro atoms. The lowest BCUT2D eigenvalue weighted by Gasteiger charge is -2.18. The molecule has 3 aromatic carbocycles. The van der Waals surface area contributed by atoms with Gasteiger partial charge in [0.2, 0.25) is 0 Å². The fourth-order valence-corrected chi connectivity index (χ4v) is 3.89. The minimum atomic E-state index is -0.502. The van der Waals surface area contributed by atoms with E-state index in [-0.39, 0.29) is 11.9 Å². The second-order valence-electron chi connectivity index (χ2n) is 8.56. The Kier molecular flexibility index (Phi) is 9.45. The van der Waals surface area contributed by atoms with Gasteiger partial charge in [0.05, 0.1) is 18.8 Å². The van der Waals surface area contributed by atoms with Gasteiger partial charge in [0, 0.05) is 29.4 Å². The number of aromatic nitrogens is 1.